The van der Waals surface area contributed by atoms with E-state index in [1.54, 1.807) is 15.6 Å². The number of hydrogen-bond acceptors (Lipinski definition) is 5. The van der Waals surface area contributed by atoms with Gasteiger partial charge < -0.3 is 5.32 Å². The number of nitrogens with zero attached hydrogens (tertiary/aromatic N) is 6. The molecule has 3 aromatic rings. The lowest BCUT2D eigenvalue weighted by atomic mass is 10.1. The Kier molecular flexibility index (Phi) is 4.72. The number of aromatic nitrogens is 5. The van der Waals surface area contributed by atoms with Gasteiger partial charge in [-0.05, 0) is 12.5 Å². The fourth-order valence-electron chi connectivity index (χ4n) is 3.51. The van der Waals surface area contributed by atoms with Gasteiger partial charge in [0.2, 0.25) is 5.91 Å². The predicted octanol–water partition coefficient (Wildman–Crippen LogP) is 0.852. The molecule has 1 aromatic carbocycles. The summed E-state index contributed by atoms with van der Waals surface area (Å²) in [6.45, 7) is 4.07. The van der Waals surface area contributed by atoms with Crippen molar-refractivity contribution in [3.8, 4) is 5.82 Å². The fourth-order valence-corrected chi connectivity index (χ4v) is 3.51. The van der Waals surface area contributed by atoms with Crippen LogP contribution < -0.4 is 5.32 Å². The van der Waals surface area contributed by atoms with Crippen molar-refractivity contribution in [1.82, 2.24) is 34.8 Å². The molecule has 140 valence electrons. The van der Waals surface area contributed by atoms with Gasteiger partial charge in [0, 0.05) is 39.2 Å². The summed E-state index contributed by atoms with van der Waals surface area (Å²) in [6, 6.07) is 11.8. The zero-order valence-corrected chi connectivity index (χ0v) is 15.5. The van der Waals surface area contributed by atoms with Crippen molar-refractivity contribution in [3.63, 3.8) is 0 Å². The molecular formula is C19H23N7O. The van der Waals surface area contributed by atoms with Gasteiger partial charge in [0.1, 0.15) is 11.6 Å². The Morgan fingerprint density at radius 3 is 2.78 bits per heavy atom. The Morgan fingerprint density at radius 1 is 1.22 bits per heavy atom. The minimum absolute atomic E-state index is 0.0365. The van der Waals surface area contributed by atoms with Crippen LogP contribution in [0.5, 0.6) is 0 Å². The van der Waals surface area contributed by atoms with Gasteiger partial charge in [-0.15, -0.1) is 5.10 Å². The highest BCUT2D eigenvalue weighted by atomic mass is 16.2. The fraction of sp³-hybridized carbons (Fsp3) is 0.368. The van der Waals surface area contributed by atoms with E-state index in [-0.39, 0.29) is 11.9 Å². The molecule has 1 amide bonds. The van der Waals surface area contributed by atoms with Gasteiger partial charge >= 0.3 is 0 Å². The van der Waals surface area contributed by atoms with Crippen molar-refractivity contribution in [2.24, 2.45) is 7.05 Å². The predicted molar refractivity (Wildman–Crippen MR) is 100 cm³/mol. The number of rotatable bonds is 5. The van der Waals surface area contributed by atoms with Crippen LogP contribution in [-0.4, -0.2) is 54.5 Å². The lowest BCUT2D eigenvalue weighted by molar-refractivity contribution is -0.129. The van der Waals surface area contributed by atoms with E-state index in [9.17, 15) is 4.79 Å². The van der Waals surface area contributed by atoms with Crippen molar-refractivity contribution in [2.45, 2.75) is 25.9 Å². The number of benzene rings is 1. The first-order valence-electron chi connectivity index (χ1n) is 9.08. The lowest BCUT2D eigenvalue weighted by Gasteiger charge is -2.34. The Bertz CT molecular complexity index is 931. The summed E-state index contributed by atoms with van der Waals surface area (Å²) < 4.78 is 3.53. The molecule has 0 saturated carbocycles. The third-order valence-corrected chi connectivity index (χ3v) is 4.84. The molecule has 8 nitrogen and oxygen atoms in total. The Hall–Kier alpha value is -3.00. The Balaban J connectivity index is 1.61. The van der Waals surface area contributed by atoms with Crippen LogP contribution in [-0.2, 0) is 24.8 Å². The monoisotopic (exact) mass is 365 g/mol. The van der Waals surface area contributed by atoms with Crippen molar-refractivity contribution < 1.29 is 4.79 Å². The van der Waals surface area contributed by atoms with E-state index in [0.29, 0.717) is 18.8 Å². The summed E-state index contributed by atoms with van der Waals surface area (Å²) in [5, 5.41) is 11.7. The number of carbonyl (C=O) groups is 1. The Morgan fingerprint density at radius 2 is 2.04 bits per heavy atom. The summed E-state index contributed by atoms with van der Waals surface area (Å²) in [5.41, 5.74) is 1.20. The van der Waals surface area contributed by atoms with E-state index in [1.807, 2.05) is 38.2 Å². The third-order valence-electron chi connectivity index (χ3n) is 4.84. The maximum atomic E-state index is 12.6. The quantitative estimate of drug-likeness (QED) is 0.725. The van der Waals surface area contributed by atoms with Crippen LogP contribution in [0.2, 0.25) is 0 Å². The highest BCUT2D eigenvalue weighted by Crippen LogP contribution is 2.17. The van der Waals surface area contributed by atoms with Crippen molar-refractivity contribution in [1.29, 1.82) is 0 Å². The molecule has 1 unspecified atom stereocenters. The highest BCUT2D eigenvalue weighted by molar-refractivity contribution is 5.82. The SMILES string of the molecule is Cc1nc(CC2C(=O)NCCN2Cc2ccccc2)n(-c2ccnn2C)n1. The molecule has 1 saturated heterocycles. The summed E-state index contributed by atoms with van der Waals surface area (Å²) >= 11 is 0. The molecule has 0 bridgehead atoms. The number of amides is 1. The molecule has 27 heavy (non-hydrogen) atoms. The number of nitrogens with one attached hydrogen (secondary N) is 1. The molecule has 1 aliphatic heterocycles. The topological polar surface area (TPSA) is 80.9 Å². The number of hydrogen-bond donors (Lipinski definition) is 1. The molecular weight excluding hydrogens is 342 g/mol. The zero-order valence-electron chi connectivity index (χ0n) is 15.5. The first-order valence-corrected chi connectivity index (χ1v) is 9.08. The average Bonchev–Trinajstić information content (AvgIpc) is 3.24. The van der Waals surface area contributed by atoms with Gasteiger partial charge in [-0.2, -0.15) is 9.78 Å². The van der Waals surface area contributed by atoms with Gasteiger partial charge in [0.05, 0.1) is 12.2 Å². The van der Waals surface area contributed by atoms with E-state index in [4.69, 9.17) is 0 Å². The summed E-state index contributed by atoms with van der Waals surface area (Å²) in [4.78, 5) is 19.4. The van der Waals surface area contributed by atoms with E-state index in [1.165, 1.54) is 5.56 Å². The summed E-state index contributed by atoms with van der Waals surface area (Å²) in [5.74, 6) is 2.30. The molecule has 1 N–H and O–H groups in total. The van der Waals surface area contributed by atoms with Crippen LogP contribution in [0.1, 0.15) is 17.2 Å². The molecule has 2 aromatic heterocycles. The van der Waals surface area contributed by atoms with Gasteiger partial charge in [-0.25, -0.2) is 4.98 Å². The van der Waals surface area contributed by atoms with E-state index >= 15 is 0 Å². The van der Waals surface area contributed by atoms with Gasteiger partial charge in [-0.3, -0.25) is 14.4 Å². The zero-order chi connectivity index (χ0) is 18.8. The smallest absolute Gasteiger partial charge is 0.237 e. The standard InChI is InChI=1S/C19H23N7O/c1-14-22-17(26(23-14)18-8-9-21-24(18)2)12-16-19(27)20-10-11-25(16)13-15-6-4-3-5-7-15/h3-9,16H,10-13H2,1-2H3,(H,20,27). The summed E-state index contributed by atoms with van der Waals surface area (Å²) in [6.07, 6.45) is 2.22. The third kappa shape index (κ3) is 3.61. The minimum Gasteiger partial charge on any atom is -0.353 e. The molecule has 0 spiro atoms. The maximum Gasteiger partial charge on any atom is 0.237 e. The molecule has 4 rings (SSSR count). The van der Waals surface area contributed by atoms with Crippen LogP contribution in [0, 0.1) is 6.92 Å². The van der Waals surface area contributed by atoms with Crippen LogP contribution in [0.25, 0.3) is 5.82 Å². The summed E-state index contributed by atoms with van der Waals surface area (Å²) in [7, 11) is 1.87. The molecule has 1 aliphatic rings. The number of aryl methyl sites for hydroxylation is 2. The van der Waals surface area contributed by atoms with Crippen LogP contribution >= 0.6 is 0 Å². The molecule has 1 atom stereocenters. The number of carbonyl (C=O) groups excluding carboxylic acids is 1. The first kappa shape index (κ1) is 17.4. The van der Waals surface area contributed by atoms with Crippen molar-refractivity contribution >= 4 is 5.91 Å². The van der Waals surface area contributed by atoms with Gasteiger partial charge in [0.15, 0.2) is 5.82 Å². The molecule has 0 aliphatic carbocycles. The first-order chi connectivity index (χ1) is 13.1. The second-order valence-electron chi connectivity index (χ2n) is 6.77. The number of piperazine rings is 1. The highest BCUT2D eigenvalue weighted by Gasteiger charge is 2.31. The second-order valence-corrected chi connectivity index (χ2v) is 6.77. The van der Waals surface area contributed by atoms with E-state index < -0.39 is 0 Å². The normalized spacial score (nSPS) is 17.9. The van der Waals surface area contributed by atoms with Crippen molar-refractivity contribution in [3.05, 3.63) is 59.8 Å². The molecule has 0 radical (unpaired) electrons. The molecule has 8 heteroatoms. The van der Waals surface area contributed by atoms with Gasteiger partial charge in [-0.1, -0.05) is 30.3 Å². The van der Waals surface area contributed by atoms with Crippen molar-refractivity contribution in [2.75, 3.05) is 13.1 Å². The van der Waals surface area contributed by atoms with E-state index in [2.05, 4.69) is 37.5 Å². The van der Waals surface area contributed by atoms with E-state index in [0.717, 1.165) is 24.7 Å². The lowest BCUT2D eigenvalue weighted by Crippen LogP contribution is -2.55. The van der Waals surface area contributed by atoms with Crippen LogP contribution in [0.3, 0.4) is 0 Å². The largest absolute Gasteiger partial charge is 0.353 e. The minimum atomic E-state index is -0.283. The van der Waals surface area contributed by atoms with Crippen LogP contribution in [0.4, 0.5) is 0 Å². The second kappa shape index (κ2) is 7.32. The Labute approximate surface area is 157 Å². The average molecular weight is 365 g/mol. The van der Waals surface area contributed by atoms with Crippen LogP contribution in [0.15, 0.2) is 42.6 Å². The molecule has 3 heterocycles. The maximum absolute atomic E-state index is 12.6. The molecule has 1 fully saturated rings. The van der Waals surface area contributed by atoms with Gasteiger partial charge in [0.25, 0.3) is 0 Å².